The molecule has 4 aromatic rings. The Kier molecular flexibility index (Phi) is 5.52. The number of carbonyl (C=O) groups is 1. The van der Waals surface area contributed by atoms with Crippen LogP contribution in [0.5, 0.6) is 0 Å². The van der Waals surface area contributed by atoms with Crippen LogP contribution in [0.1, 0.15) is 31.0 Å². The molecule has 0 bridgehead atoms. The van der Waals surface area contributed by atoms with E-state index in [0.29, 0.717) is 20.6 Å². The van der Waals surface area contributed by atoms with Crippen LogP contribution in [0.4, 0.5) is 0 Å². The molecule has 5 rings (SSSR count). The predicted octanol–water partition coefficient (Wildman–Crippen LogP) is 3.95. The van der Waals surface area contributed by atoms with Crippen molar-refractivity contribution in [3.63, 3.8) is 0 Å². The predicted molar refractivity (Wildman–Crippen MR) is 131 cm³/mol. The van der Waals surface area contributed by atoms with Crippen molar-refractivity contribution in [2.24, 2.45) is 4.99 Å². The van der Waals surface area contributed by atoms with E-state index in [-0.39, 0.29) is 12.2 Å². The Morgan fingerprint density at radius 3 is 2.58 bits per heavy atom. The third-order valence-electron chi connectivity index (χ3n) is 5.74. The fourth-order valence-corrected chi connectivity index (χ4v) is 5.30. The van der Waals surface area contributed by atoms with Crippen molar-refractivity contribution in [3.05, 3.63) is 115 Å². The molecule has 1 unspecified atom stereocenters. The van der Waals surface area contributed by atoms with Crippen LogP contribution in [-0.2, 0) is 9.53 Å². The Morgan fingerprint density at radius 2 is 1.79 bits per heavy atom. The highest BCUT2D eigenvalue weighted by atomic mass is 32.1. The van der Waals surface area contributed by atoms with Gasteiger partial charge in [0.25, 0.3) is 5.56 Å². The monoisotopic (exact) mass is 454 g/mol. The maximum absolute atomic E-state index is 13.7. The second-order valence-corrected chi connectivity index (χ2v) is 8.79. The van der Waals surface area contributed by atoms with E-state index in [2.05, 4.69) is 17.1 Å². The van der Waals surface area contributed by atoms with Gasteiger partial charge in [-0.1, -0.05) is 84.1 Å². The highest BCUT2D eigenvalue weighted by Gasteiger charge is 2.33. The average Bonchev–Trinajstić information content (AvgIpc) is 3.13. The molecule has 5 nitrogen and oxygen atoms in total. The summed E-state index contributed by atoms with van der Waals surface area (Å²) >= 11 is 1.34. The third-order valence-corrected chi connectivity index (χ3v) is 6.73. The lowest BCUT2D eigenvalue weighted by Gasteiger charge is -2.24. The standard InChI is InChI=1S/C27H22N2O3S/c1-3-32-26(31)23-17(2)28-27-29(24(23)19-11-5-4-6-12-19)25(30)22(33-27)16-20-14-9-13-18-10-7-8-15-21(18)20/h4-16,24H,3H2,1-2H3. The Balaban J connectivity index is 1.75. The van der Waals surface area contributed by atoms with Crippen molar-refractivity contribution in [3.8, 4) is 0 Å². The number of ether oxygens (including phenoxy) is 1. The fourth-order valence-electron chi connectivity index (χ4n) is 4.26. The van der Waals surface area contributed by atoms with Gasteiger partial charge in [-0.05, 0) is 41.8 Å². The van der Waals surface area contributed by atoms with Crippen LogP contribution in [0.2, 0.25) is 0 Å². The minimum absolute atomic E-state index is 0.171. The Hall–Kier alpha value is -3.77. The number of nitrogens with zero attached hydrogens (tertiary/aromatic N) is 2. The first-order valence-electron chi connectivity index (χ1n) is 10.8. The van der Waals surface area contributed by atoms with Crippen LogP contribution >= 0.6 is 11.3 Å². The van der Waals surface area contributed by atoms with Crippen molar-refractivity contribution in [2.75, 3.05) is 6.61 Å². The lowest BCUT2D eigenvalue weighted by Crippen LogP contribution is -2.39. The van der Waals surface area contributed by atoms with E-state index in [1.165, 1.54) is 11.3 Å². The number of aromatic nitrogens is 1. The van der Waals surface area contributed by atoms with Gasteiger partial charge in [-0.25, -0.2) is 9.79 Å². The topological polar surface area (TPSA) is 60.7 Å². The zero-order chi connectivity index (χ0) is 22.9. The van der Waals surface area contributed by atoms with Gasteiger partial charge in [-0.3, -0.25) is 9.36 Å². The average molecular weight is 455 g/mol. The Labute approximate surface area is 194 Å². The molecule has 1 atom stereocenters. The van der Waals surface area contributed by atoms with Gasteiger partial charge < -0.3 is 4.74 Å². The zero-order valence-corrected chi connectivity index (χ0v) is 19.1. The summed E-state index contributed by atoms with van der Waals surface area (Å²) in [6.07, 6.45) is 1.91. The van der Waals surface area contributed by atoms with Gasteiger partial charge in [-0.15, -0.1) is 0 Å². The van der Waals surface area contributed by atoms with Crippen LogP contribution in [-0.4, -0.2) is 17.1 Å². The largest absolute Gasteiger partial charge is 0.463 e. The quantitative estimate of drug-likeness (QED) is 0.439. The van der Waals surface area contributed by atoms with Crippen molar-refractivity contribution in [1.82, 2.24) is 4.57 Å². The number of allylic oxidation sites excluding steroid dienone is 1. The van der Waals surface area contributed by atoms with Gasteiger partial charge in [0.05, 0.1) is 28.5 Å². The highest BCUT2D eigenvalue weighted by Crippen LogP contribution is 2.30. The molecule has 0 saturated carbocycles. The number of hydrogen-bond donors (Lipinski definition) is 0. The molecule has 6 heteroatoms. The van der Waals surface area contributed by atoms with E-state index in [4.69, 9.17) is 4.74 Å². The van der Waals surface area contributed by atoms with E-state index in [1.54, 1.807) is 18.4 Å². The number of carbonyl (C=O) groups excluding carboxylic acids is 1. The molecule has 164 valence electrons. The van der Waals surface area contributed by atoms with Gasteiger partial charge in [0.15, 0.2) is 4.80 Å². The maximum atomic E-state index is 13.7. The molecule has 0 spiro atoms. The minimum Gasteiger partial charge on any atom is -0.463 e. The lowest BCUT2D eigenvalue weighted by molar-refractivity contribution is -0.139. The van der Waals surface area contributed by atoms with Crippen molar-refractivity contribution < 1.29 is 9.53 Å². The fraction of sp³-hybridized carbons (Fsp3) is 0.148. The SMILES string of the molecule is CCOC(=O)C1=C(C)N=c2sc(=Cc3cccc4ccccc34)c(=O)n2C1c1ccccc1. The summed E-state index contributed by atoms with van der Waals surface area (Å²) in [4.78, 5) is 31.8. The number of rotatable bonds is 4. The first-order valence-corrected chi connectivity index (χ1v) is 11.6. The van der Waals surface area contributed by atoms with E-state index in [0.717, 1.165) is 21.9 Å². The second kappa shape index (κ2) is 8.64. The van der Waals surface area contributed by atoms with Crippen LogP contribution in [0.15, 0.2) is 93.9 Å². The summed E-state index contributed by atoms with van der Waals surface area (Å²) in [5.41, 5.74) is 2.60. The van der Waals surface area contributed by atoms with E-state index >= 15 is 0 Å². The number of thiazole rings is 1. The lowest BCUT2D eigenvalue weighted by atomic mass is 9.96. The van der Waals surface area contributed by atoms with Crippen LogP contribution in [0, 0.1) is 0 Å². The van der Waals surface area contributed by atoms with Crippen LogP contribution < -0.4 is 14.9 Å². The summed E-state index contributed by atoms with van der Waals surface area (Å²) in [5.74, 6) is -0.448. The summed E-state index contributed by atoms with van der Waals surface area (Å²) in [7, 11) is 0. The van der Waals surface area contributed by atoms with Crippen molar-refractivity contribution >= 4 is 34.2 Å². The molecule has 33 heavy (non-hydrogen) atoms. The molecule has 0 fully saturated rings. The molecule has 1 aromatic heterocycles. The molecule has 0 amide bonds. The van der Waals surface area contributed by atoms with Gasteiger partial charge in [0.1, 0.15) is 0 Å². The van der Waals surface area contributed by atoms with Crippen molar-refractivity contribution in [1.29, 1.82) is 0 Å². The number of benzene rings is 3. The molecule has 0 radical (unpaired) electrons. The molecule has 3 aromatic carbocycles. The molecule has 0 aliphatic carbocycles. The molecular formula is C27H22N2O3S. The number of hydrogen-bond acceptors (Lipinski definition) is 5. The van der Waals surface area contributed by atoms with Gasteiger partial charge >= 0.3 is 5.97 Å². The van der Waals surface area contributed by atoms with E-state index in [9.17, 15) is 9.59 Å². The third kappa shape index (κ3) is 3.72. The van der Waals surface area contributed by atoms with Crippen molar-refractivity contribution in [2.45, 2.75) is 19.9 Å². The summed E-state index contributed by atoms with van der Waals surface area (Å²) < 4.78 is 7.53. The van der Waals surface area contributed by atoms with E-state index in [1.807, 2.05) is 66.7 Å². The molecule has 1 aliphatic heterocycles. The smallest absolute Gasteiger partial charge is 0.338 e. The summed E-state index contributed by atoms with van der Waals surface area (Å²) in [6.45, 7) is 3.82. The zero-order valence-electron chi connectivity index (χ0n) is 18.3. The summed E-state index contributed by atoms with van der Waals surface area (Å²) in [5, 5.41) is 2.19. The normalized spacial score (nSPS) is 15.9. The van der Waals surface area contributed by atoms with Gasteiger partial charge in [0, 0.05) is 0 Å². The van der Waals surface area contributed by atoms with Crippen LogP contribution in [0.3, 0.4) is 0 Å². The first-order chi connectivity index (χ1) is 16.1. The maximum Gasteiger partial charge on any atom is 0.338 e. The second-order valence-electron chi connectivity index (χ2n) is 7.78. The van der Waals surface area contributed by atoms with Gasteiger partial charge in [-0.2, -0.15) is 0 Å². The number of esters is 1. The minimum atomic E-state index is -0.587. The van der Waals surface area contributed by atoms with E-state index < -0.39 is 12.0 Å². The van der Waals surface area contributed by atoms with Crippen LogP contribution in [0.25, 0.3) is 16.8 Å². The Morgan fingerprint density at radius 1 is 1.06 bits per heavy atom. The molecule has 1 aliphatic rings. The summed E-state index contributed by atoms with van der Waals surface area (Å²) in [6, 6.07) is 23.1. The highest BCUT2D eigenvalue weighted by molar-refractivity contribution is 7.07. The number of fused-ring (bicyclic) bond motifs is 2. The molecular weight excluding hydrogens is 432 g/mol. The molecule has 0 N–H and O–H groups in total. The van der Waals surface area contributed by atoms with Gasteiger partial charge in [0.2, 0.25) is 0 Å². The molecule has 0 saturated heterocycles. The Bertz CT molecular complexity index is 1570. The molecule has 2 heterocycles. The first kappa shape index (κ1) is 21.1.